The molecule has 0 N–H and O–H groups in total. The molecule has 0 aliphatic carbocycles. The number of carbonyl (C=O) groups is 3. The molecule has 0 aliphatic rings. The Hall–Kier alpha value is -3.15. The zero-order valence-electron chi connectivity index (χ0n) is 51.2. The van der Waals surface area contributed by atoms with Crippen LogP contribution >= 0.6 is 0 Å². The Bertz CT molecular complexity index is 1420. The summed E-state index contributed by atoms with van der Waals surface area (Å²) < 4.78 is 16.8. The van der Waals surface area contributed by atoms with Crippen molar-refractivity contribution in [2.24, 2.45) is 0 Å². The van der Waals surface area contributed by atoms with Crippen molar-refractivity contribution >= 4 is 17.9 Å². The van der Waals surface area contributed by atoms with E-state index in [0.29, 0.717) is 19.3 Å². The van der Waals surface area contributed by atoms with Gasteiger partial charge < -0.3 is 14.2 Å². The summed E-state index contributed by atoms with van der Waals surface area (Å²) in [4.78, 5) is 38.1. The zero-order chi connectivity index (χ0) is 55.7. The second-order valence-corrected chi connectivity index (χ2v) is 22.3. The molecule has 446 valence electrons. The van der Waals surface area contributed by atoms with Crippen LogP contribution in [-0.4, -0.2) is 37.2 Å². The van der Waals surface area contributed by atoms with Gasteiger partial charge in [-0.15, -0.1) is 0 Å². The lowest BCUT2D eigenvalue weighted by Gasteiger charge is -2.18. The van der Waals surface area contributed by atoms with Gasteiger partial charge in [-0.05, 0) is 103 Å². The lowest BCUT2D eigenvalue weighted by atomic mass is 10.0. The van der Waals surface area contributed by atoms with Crippen LogP contribution in [0.3, 0.4) is 0 Å². The number of esters is 3. The molecule has 6 heteroatoms. The van der Waals surface area contributed by atoms with Crippen LogP contribution in [0.5, 0.6) is 0 Å². The van der Waals surface area contributed by atoms with Crippen molar-refractivity contribution in [3.05, 3.63) is 72.9 Å². The molecule has 0 saturated carbocycles. The summed E-state index contributed by atoms with van der Waals surface area (Å²) in [6, 6.07) is 0. The Morgan fingerprint density at radius 1 is 0.273 bits per heavy atom. The van der Waals surface area contributed by atoms with Crippen molar-refractivity contribution in [3.63, 3.8) is 0 Å². The molecule has 0 heterocycles. The lowest BCUT2D eigenvalue weighted by molar-refractivity contribution is -0.167. The third-order valence-corrected chi connectivity index (χ3v) is 14.7. The topological polar surface area (TPSA) is 78.9 Å². The second kappa shape index (κ2) is 65.4. The molecule has 0 spiro atoms. The molecule has 77 heavy (non-hydrogen) atoms. The third kappa shape index (κ3) is 63.6. The molecule has 0 rings (SSSR count). The van der Waals surface area contributed by atoms with Crippen LogP contribution in [0, 0.1) is 0 Å². The highest BCUT2D eigenvalue weighted by atomic mass is 16.6. The van der Waals surface area contributed by atoms with Crippen molar-refractivity contribution < 1.29 is 28.6 Å². The summed E-state index contributed by atoms with van der Waals surface area (Å²) in [5, 5.41) is 0. The Kier molecular flexibility index (Phi) is 62.7. The Morgan fingerprint density at radius 2 is 0.519 bits per heavy atom. The van der Waals surface area contributed by atoms with Crippen LogP contribution in [0.1, 0.15) is 342 Å². The summed E-state index contributed by atoms with van der Waals surface area (Å²) in [6.07, 6.45) is 85.3. The van der Waals surface area contributed by atoms with Crippen molar-refractivity contribution in [3.8, 4) is 0 Å². The van der Waals surface area contributed by atoms with Gasteiger partial charge in [0.15, 0.2) is 6.10 Å². The van der Waals surface area contributed by atoms with Crippen molar-refractivity contribution in [2.45, 2.75) is 348 Å². The smallest absolute Gasteiger partial charge is 0.306 e. The van der Waals surface area contributed by atoms with Crippen LogP contribution in [-0.2, 0) is 28.6 Å². The highest BCUT2D eigenvalue weighted by molar-refractivity contribution is 5.71. The van der Waals surface area contributed by atoms with Gasteiger partial charge >= 0.3 is 17.9 Å². The van der Waals surface area contributed by atoms with Gasteiger partial charge in [-0.3, -0.25) is 14.4 Å². The minimum absolute atomic E-state index is 0.0869. The number of rotatable bonds is 61. The maximum atomic E-state index is 12.8. The molecule has 0 aromatic heterocycles. The average Bonchev–Trinajstić information content (AvgIpc) is 3.43. The maximum Gasteiger partial charge on any atom is 0.306 e. The quantitative estimate of drug-likeness (QED) is 0.0261. The fourth-order valence-electron chi connectivity index (χ4n) is 9.65. The molecular weight excluding hydrogens is 949 g/mol. The van der Waals surface area contributed by atoms with Gasteiger partial charge in [-0.1, -0.05) is 293 Å². The van der Waals surface area contributed by atoms with E-state index in [2.05, 4.69) is 93.7 Å². The van der Waals surface area contributed by atoms with Gasteiger partial charge in [0.25, 0.3) is 0 Å². The van der Waals surface area contributed by atoms with E-state index in [0.717, 1.165) is 96.3 Å². The van der Waals surface area contributed by atoms with Crippen molar-refractivity contribution in [1.29, 1.82) is 0 Å². The molecule has 0 bridgehead atoms. The summed E-state index contributed by atoms with van der Waals surface area (Å²) in [5.74, 6) is -0.915. The van der Waals surface area contributed by atoms with Gasteiger partial charge in [0, 0.05) is 19.3 Å². The normalized spacial score (nSPS) is 12.5. The van der Waals surface area contributed by atoms with Crippen LogP contribution in [0.4, 0.5) is 0 Å². The highest BCUT2D eigenvalue weighted by Gasteiger charge is 2.19. The first-order valence-electron chi connectivity index (χ1n) is 33.4. The van der Waals surface area contributed by atoms with Crippen LogP contribution in [0.15, 0.2) is 72.9 Å². The average molecular weight is 1080 g/mol. The Morgan fingerprint density at radius 3 is 0.857 bits per heavy atom. The predicted octanol–water partition coefficient (Wildman–Crippen LogP) is 22.9. The van der Waals surface area contributed by atoms with E-state index in [-0.39, 0.29) is 31.1 Å². The van der Waals surface area contributed by atoms with E-state index in [9.17, 15) is 14.4 Å². The Balaban J connectivity index is 4.02. The molecule has 0 radical (unpaired) electrons. The van der Waals surface area contributed by atoms with E-state index in [1.54, 1.807) is 0 Å². The minimum atomic E-state index is -0.792. The first-order valence-corrected chi connectivity index (χ1v) is 33.4. The Labute approximate surface area is 478 Å². The molecule has 1 atom stereocenters. The highest BCUT2D eigenvalue weighted by Crippen LogP contribution is 2.17. The third-order valence-electron chi connectivity index (χ3n) is 14.7. The fraction of sp³-hybridized carbons (Fsp3) is 0.789. The van der Waals surface area contributed by atoms with E-state index in [4.69, 9.17) is 14.2 Å². The molecule has 0 fully saturated rings. The van der Waals surface area contributed by atoms with Gasteiger partial charge in [-0.25, -0.2) is 0 Å². The molecule has 6 nitrogen and oxygen atoms in total. The molecule has 0 aromatic carbocycles. The fourth-order valence-corrected chi connectivity index (χ4v) is 9.65. The summed E-state index contributed by atoms with van der Waals surface area (Å²) in [6.45, 7) is 6.47. The van der Waals surface area contributed by atoms with Gasteiger partial charge in [-0.2, -0.15) is 0 Å². The molecule has 0 amide bonds. The number of ether oxygens (including phenoxy) is 3. The number of hydrogen-bond acceptors (Lipinski definition) is 6. The van der Waals surface area contributed by atoms with Crippen molar-refractivity contribution in [1.82, 2.24) is 0 Å². The second-order valence-electron chi connectivity index (χ2n) is 22.3. The molecule has 0 aromatic rings. The monoisotopic (exact) mass is 1070 g/mol. The molecule has 1 unspecified atom stereocenters. The largest absolute Gasteiger partial charge is 0.462 e. The maximum absolute atomic E-state index is 12.8. The van der Waals surface area contributed by atoms with Gasteiger partial charge in [0.05, 0.1) is 0 Å². The number of allylic oxidation sites excluding steroid dienone is 12. The van der Waals surface area contributed by atoms with Gasteiger partial charge in [0.1, 0.15) is 13.2 Å². The molecule has 0 aliphatic heterocycles. The van der Waals surface area contributed by atoms with Crippen LogP contribution in [0.2, 0.25) is 0 Å². The SMILES string of the molecule is CC/C=C\C/C=C\C/C=C\CCCCCC(=O)OC(COC(=O)CCCCCCC/C=C\CCCC)COC(=O)CCCCCCCCCCCCCCCCCCCCCCCCC/C=C\C/C=C\CCCCCCC. The van der Waals surface area contributed by atoms with Gasteiger partial charge in [0.2, 0.25) is 0 Å². The first-order chi connectivity index (χ1) is 38.0. The van der Waals surface area contributed by atoms with Crippen LogP contribution in [0.25, 0.3) is 0 Å². The van der Waals surface area contributed by atoms with Crippen molar-refractivity contribution in [2.75, 3.05) is 13.2 Å². The van der Waals surface area contributed by atoms with E-state index < -0.39 is 6.10 Å². The predicted molar refractivity (Wildman–Crippen MR) is 335 cm³/mol. The summed E-state index contributed by atoms with van der Waals surface area (Å²) in [7, 11) is 0. The lowest BCUT2D eigenvalue weighted by Crippen LogP contribution is -2.30. The van der Waals surface area contributed by atoms with E-state index >= 15 is 0 Å². The van der Waals surface area contributed by atoms with E-state index in [1.807, 2.05) is 0 Å². The van der Waals surface area contributed by atoms with E-state index in [1.165, 1.54) is 205 Å². The first kappa shape index (κ1) is 73.8. The molecule has 0 saturated heterocycles. The minimum Gasteiger partial charge on any atom is -0.462 e. The molecular formula is C71H126O6. The van der Waals surface area contributed by atoms with Crippen LogP contribution < -0.4 is 0 Å². The summed E-state index contributed by atoms with van der Waals surface area (Å²) in [5.41, 5.74) is 0. The zero-order valence-corrected chi connectivity index (χ0v) is 51.2. The number of unbranched alkanes of at least 4 members (excludes halogenated alkanes) is 38. The number of hydrogen-bond donors (Lipinski definition) is 0. The standard InChI is InChI=1S/C71H126O6/c1-4-7-10-13-16-19-22-24-25-26-27-28-29-30-31-32-33-34-35-36-37-38-39-40-41-42-43-44-45-47-49-52-55-58-61-64-70(73)76-67-68(66-75-69(72)63-60-57-54-51-48-21-18-15-12-9-6-3)77-71(74)65-62-59-56-53-50-46-23-20-17-14-11-8-5-2/h8,11,15,17-18,20,22,24,26-27,46,50,68H,4-7,9-10,12-14,16,19,21,23,25,28-45,47-49,51-67H2,1-3H3/b11-8-,18-15-,20-17-,24-22-,27-26-,50-46-. The number of carbonyl (C=O) groups excluding carboxylic acids is 3. The summed E-state index contributed by atoms with van der Waals surface area (Å²) >= 11 is 0.